The normalized spacial score (nSPS) is 17.2. The molecule has 0 radical (unpaired) electrons. The Labute approximate surface area is 179 Å². The predicted octanol–water partition coefficient (Wildman–Crippen LogP) is 1.94. The first-order chi connectivity index (χ1) is 14.6. The van der Waals surface area contributed by atoms with Crippen LogP contribution in [0.2, 0.25) is 0 Å². The fraction of sp³-hybridized carbons (Fsp3) is 0.409. The van der Waals surface area contributed by atoms with E-state index in [0.29, 0.717) is 12.5 Å². The van der Waals surface area contributed by atoms with Crippen LogP contribution in [0.1, 0.15) is 18.9 Å². The number of anilines is 1. The minimum atomic E-state index is -3.38. The molecule has 2 aromatic rings. The van der Waals surface area contributed by atoms with Gasteiger partial charge in [-0.05, 0) is 31.0 Å². The zero-order valence-electron chi connectivity index (χ0n) is 17.4. The first-order valence-electron chi connectivity index (χ1n) is 10.4. The summed E-state index contributed by atoms with van der Waals surface area (Å²) in [7, 11) is -3.38. The number of nitrogens with one attached hydrogen (secondary N) is 3. The van der Waals surface area contributed by atoms with Crippen molar-refractivity contribution in [1.82, 2.24) is 15.4 Å². The van der Waals surface area contributed by atoms with E-state index in [1.54, 1.807) is 0 Å². The minimum absolute atomic E-state index is 0.0444. The SMILES string of the molecule is CCNC(=NCCS(=O)(=O)NCc1ccccc1)NC1CCN(c2ccccc2)C1. The topological polar surface area (TPSA) is 85.8 Å². The first-order valence-corrected chi connectivity index (χ1v) is 12.1. The standard InChI is InChI=1S/C22H31N5O2S/c1-2-23-22(26-20-13-15-27(18-20)21-11-7-4-8-12-21)24-14-16-30(28,29)25-17-19-9-5-3-6-10-19/h3-12,20,25H,2,13-18H2,1H3,(H2,23,24,26). The number of benzene rings is 2. The molecule has 7 nitrogen and oxygen atoms in total. The van der Waals surface area contributed by atoms with Crippen molar-refractivity contribution in [1.29, 1.82) is 0 Å². The second-order valence-corrected chi connectivity index (χ2v) is 9.22. The molecular weight excluding hydrogens is 398 g/mol. The Morgan fingerprint density at radius 3 is 2.50 bits per heavy atom. The van der Waals surface area contributed by atoms with Gasteiger partial charge in [0.2, 0.25) is 10.0 Å². The number of aliphatic imine (C=N–C) groups is 1. The van der Waals surface area contributed by atoms with Gasteiger partial charge >= 0.3 is 0 Å². The molecule has 0 amide bonds. The average molecular weight is 430 g/mol. The van der Waals surface area contributed by atoms with E-state index in [4.69, 9.17) is 0 Å². The van der Waals surface area contributed by atoms with Gasteiger partial charge in [0.1, 0.15) is 0 Å². The maximum Gasteiger partial charge on any atom is 0.213 e. The van der Waals surface area contributed by atoms with E-state index in [9.17, 15) is 8.42 Å². The lowest BCUT2D eigenvalue weighted by Crippen LogP contribution is -2.45. The lowest BCUT2D eigenvalue weighted by Gasteiger charge is -2.20. The maximum absolute atomic E-state index is 12.3. The highest BCUT2D eigenvalue weighted by atomic mass is 32.2. The van der Waals surface area contributed by atoms with Crippen LogP contribution in [0.4, 0.5) is 5.69 Å². The van der Waals surface area contributed by atoms with Crippen molar-refractivity contribution in [3.05, 3.63) is 66.2 Å². The van der Waals surface area contributed by atoms with Gasteiger partial charge in [0.25, 0.3) is 0 Å². The van der Waals surface area contributed by atoms with E-state index in [1.807, 2.05) is 55.5 Å². The Hall–Kier alpha value is -2.58. The first kappa shape index (κ1) is 22.1. The number of para-hydroxylation sites is 1. The molecule has 1 saturated heterocycles. The summed E-state index contributed by atoms with van der Waals surface area (Å²) in [6.45, 7) is 5.10. The average Bonchev–Trinajstić information content (AvgIpc) is 3.22. The number of nitrogens with zero attached hydrogens (tertiary/aromatic N) is 2. The van der Waals surface area contributed by atoms with Crippen molar-refractivity contribution >= 4 is 21.7 Å². The molecule has 1 aliphatic rings. The third kappa shape index (κ3) is 7.03. The van der Waals surface area contributed by atoms with Crippen LogP contribution >= 0.6 is 0 Å². The van der Waals surface area contributed by atoms with Gasteiger partial charge in [-0.15, -0.1) is 0 Å². The molecule has 0 saturated carbocycles. The number of guanidine groups is 1. The zero-order chi connectivity index (χ0) is 21.2. The van der Waals surface area contributed by atoms with Crippen LogP contribution in [-0.2, 0) is 16.6 Å². The molecule has 8 heteroatoms. The van der Waals surface area contributed by atoms with Crippen LogP contribution in [0.15, 0.2) is 65.7 Å². The van der Waals surface area contributed by atoms with Gasteiger partial charge in [0.05, 0.1) is 12.3 Å². The van der Waals surface area contributed by atoms with Gasteiger partial charge in [-0.1, -0.05) is 48.5 Å². The third-order valence-corrected chi connectivity index (χ3v) is 6.27. The summed E-state index contributed by atoms with van der Waals surface area (Å²) < 4.78 is 27.2. The van der Waals surface area contributed by atoms with Gasteiger partial charge in [0.15, 0.2) is 5.96 Å². The van der Waals surface area contributed by atoms with Crippen molar-refractivity contribution in [3.63, 3.8) is 0 Å². The van der Waals surface area contributed by atoms with Crippen molar-refractivity contribution in [2.75, 3.05) is 36.8 Å². The molecule has 1 atom stereocenters. The highest BCUT2D eigenvalue weighted by molar-refractivity contribution is 7.89. The maximum atomic E-state index is 12.3. The molecule has 3 rings (SSSR count). The molecule has 1 fully saturated rings. The number of rotatable bonds is 9. The molecule has 0 aromatic heterocycles. The van der Waals surface area contributed by atoms with Crippen LogP contribution < -0.4 is 20.3 Å². The lowest BCUT2D eigenvalue weighted by molar-refractivity contribution is 0.581. The Bertz CT molecular complexity index is 904. The van der Waals surface area contributed by atoms with Gasteiger partial charge in [-0.2, -0.15) is 0 Å². The monoisotopic (exact) mass is 429 g/mol. The van der Waals surface area contributed by atoms with Gasteiger partial charge in [-0.3, -0.25) is 4.99 Å². The molecule has 0 aliphatic carbocycles. The third-order valence-electron chi connectivity index (χ3n) is 4.96. The predicted molar refractivity (Wildman–Crippen MR) is 123 cm³/mol. The fourth-order valence-electron chi connectivity index (χ4n) is 3.40. The molecule has 2 aromatic carbocycles. The molecule has 1 heterocycles. The van der Waals surface area contributed by atoms with Gasteiger partial charge in [0, 0.05) is 37.9 Å². The van der Waals surface area contributed by atoms with E-state index in [2.05, 4.69) is 37.4 Å². The summed E-state index contributed by atoms with van der Waals surface area (Å²) in [6, 6.07) is 20.1. The van der Waals surface area contributed by atoms with E-state index < -0.39 is 10.0 Å². The summed E-state index contributed by atoms with van der Waals surface area (Å²) >= 11 is 0. The summed E-state index contributed by atoms with van der Waals surface area (Å²) in [5.41, 5.74) is 2.16. The largest absolute Gasteiger partial charge is 0.369 e. The highest BCUT2D eigenvalue weighted by Gasteiger charge is 2.23. The molecule has 30 heavy (non-hydrogen) atoms. The summed E-state index contributed by atoms with van der Waals surface area (Å²) in [5, 5.41) is 6.66. The number of hydrogen-bond donors (Lipinski definition) is 3. The lowest BCUT2D eigenvalue weighted by atomic mass is 10.2. The molecular formula is C22H31N5O2S. The number of hydrogen-bond acceptors (Lipinski definition) is 4. The van der Waals surface area contributed by atoms with E-state index in [0.717, 1.165) is 31.6 Å². The van der Waals surface area contributed by atoms with Crippen LogP contribution in [0.25, 0.3) is 0 Å². The van der Waals surface area contributed by atoms with Crippen LogP contribution in [0.3, 0.4) is 0 Å². The number of sulfonamides is 1. The molecule has 3 N–H and O–H groups in total. The summed E-state index contributed by atoms with van der Waals surface area (Å²) in [6.07, 6.45) is 1.01. The minimum Gasteiger partial charge on any atom is -0.369 e. The molecule has 162 valence electrons. The van der Waals surface area contributed by atoms with E-state index in [1.165, 1.54) is 5.69 Å². The fourth-order valence-corrected chi connectivity index (χ4v) is 4.27. The summed E-state index contributed by atoms with van der Waals surface area (Å²) in [4.78, 5) is 6.82. The van der Waals surface area contributed by atoms with Crippen LogP contribution in [-0.4, -0.2) is 52.4 Å². The van der Waals surface area contributed by atoms with Crippen molar-refractivity contribution in [3.8, 4) is 0 Å². The second kappa shape index (κ2) is 11.0. The quantitative estimate of drug-likeness (QED) is 0.419. The second-order valence-electron chi connectivity index (χ2n) is 7.30. The van der Waals surface area contributed by atoms with Crippen molar-refractivity contribution in [2.45, 2.75) is 25.9 Å². The van der Waals surface area contributed by atoms with Crippen molar-refractivity contribution in [2.24, 2.45) is 4.99 Å². The van der Waals surface area contributed by atoms with Crippen LogP contribution in [0, 0.1) is 0 Å². The van der Waals surface area contributed by atoms with Gasteiger partial charge in [-0.25, -0.2) is 13.1 Å². The molecule has 1 unspecified atom stereocenters. The Kier molecular flexibility index (Phi) is 8.10. The molecule has 0 spiro atoms. The molecule has 1 aliphatic heterocycles. The highest BCUT2D eigenvalue weighted by Crippen LogP contribution is 2.19. The Balaban J connectivity index is 1.48. The van der Waals surface area contributed by atoms with Gasteiger partial charge < -0.3 is 15.5 Å². The van der Waals surface area contributed by atoms with Crippen LogP contribution in [0.5, 0.6) is 0 Å². The summed E-state index contributed by atoms with van der Waals surface area (Å²) in [5.74, 6) is 0.618. The Morgan fingerprint density at radius 2 is 1.80 bits per heavy atom. The zero-order valence-corrected chi connectivity index (χ0v) is 18.2. The molecule has 0 bridgehead atoms. The van der Waals surface area contributed by atoms with E-state index in [-0.39, 0.29) is 18.3 Å². The Morgan fingerprint density at radius 1 is 1.10 bits per heavy atom. The smallest absolute Gasteiger partial charge is 0.213 e. The van der Waals surface area contributed by atoms with E-state index >= 15 is 0 Å². The van der Waals surface area contributed by atoms with Crippen molar-refractivity contribution < 1.29 is 8.42 Å².